The standard InChI is InChI=1S/C12H21N3S/c1-3-4-11-9-16-12(14-11)8-15-6-5-13-7-10(15)2/h9-10,13H,3-8H2,1-2H3. The average molecular weight is 239 g/mol. The SMILES string of the molecule is CCCc1csc(CN2CCNCC2C)n1. The maximum Gasteiger partial charge on any atom is 0.107 e. The van der Waals surface area contributed by atoms with Crippen molar-refractivity contribution in [2.75, 3.05) is 19.6 Å². The highest BCUT2D eigenvalue weighted by atomic mass is 32.1. The lowest BCUT2D eigenvalue weighted by Crippen LogP contribution is -2.49. The highest BCUT2D eigenvalue weighted by Gasteiger charge is 2.18. The van der Waals surface area contributed by atoms with Gasteiger partial charge in [-0.1, -0.05) is 13.3 Å². The van der Waals surface area contributed by atoms with Crippen molar-refractivity contribution in [1.82, 2.24) is 15.2 Å². The number of thiazole rings is 1. The van der Waals surface area contributed by atoms with Gasteiger partial charge in [0.2, 0.25) is 0 Å². The Labute approximate surface area is 102 Å². The molecule has 1 atom stereocenters. The van der Waals surface area contributed by atoms with E-state index in [2.05, 4.69) is 34.4 Å². The Hall–Kier alpha value is -0.450. The third kappa shape index (κ3) is 3.03. The Morgan fingerprint density at radius 2 is 2.50 bits per heavy atom. The number of rotatable bonds is 4. The van der Waals surface area contributed by atoms with Crippen LogP contribution in [-0.2, 0) is 13.0 Å². The van der Waals surface area contributed by atoms with Crippen LogP contribution in [0, 0.1) is 0 Å². The first-order valence-electron chi connectivity index (χ1n) is 6.17. The smallest absolute Gasteiger partial charge is 0.107 e. The van der Waals surface area contributed by atoms with Crippen molar-refractivity contribution in [1.29, 1.82) is 0 Å². The molecule has 1 N–H and O–H groups in total. The van der Waals surface area contributed by atoms with E-state index in [1.165, 1.54) is 17.1 Å². The maximum absolute atomic E-state index is 4.68. The van der Waals surface area contributed by atoms with Gasteiger partial charge in [0.25, 0.3) is 0 Å². The Balaban J connectivity index is 1.91. The molecule has 4 heteroatoms. The van der Waals surface area contributed by atoms with Gasteiger partial charge in [-0.25, -0.2) is 4.98 Å². The Morgan fingerprint density at radius 3 is 3.25 bits per heavy atom. The predicted molar refractivity (Wildman–Crippen MR) is 68.9 cm³/mol. The van der Waals surface area contributed by atoms with Crippen molar-refractivity contribution in [2.24, 2.45) is 0 Å². The largest absolute Gasteiger partial charge is 0.314 e. The molecule has 2 rings (SSSR count). The number of hydrogen-bond acceptors (Lipinski definition) is 4. The molecule has 1 saturated heterocycles. The van der Waals surface area contributed by atoms with Gasteiger partial charge in [0, 0.05) is 31.1 Å². The quantitative estimate of drug-likeness (QED) is 0.869. The summed E-state index contributed by atoms with van der Waals surface area (Å²) in [6.45, 7) is 8.87. The van der Waals surface area contributed by atoms with E-state index in [0.717, 1.165) is 32.6 Å². The first-order chi connectivity index (χ1) is 7.79. The van der Waals surface area contributed by atoms with Gasteiger partial charge in [-0.05, 0) is 13.3 Å². The molecule has 0 bridgehead atoms. The van der Waals surface area contributed by atoms with E-state index < -0.39 is 0 Å². The molecule has 90 valence electrons. The topological polar surface area (TPSA) is 28.2 Å². The fourth-order valence-corrected chi connectivity index (χ4v) is 2.94. The van der Waals surface area contributed by atoms with Crippen molar-refractivity contribution in [2.45, 2.75) is 39.3 Å². The summed E-state index contributed by atoms with van der Waals surface area (Å²) in [5, 5.41) is 6.91. The molecule has 16 heavy (non-hydrogen) atoms. The van der Waals surface area contributed by atoms with Crippen LogP contribution in [0.5, 0.6) is 0 Å². The zero-order chi connectivity index (χ0) is 11.4. The number of aryl methyl sites for hydroxylation is 1. The van der Waals surface area contributed by atoms with E-state index in [4.69, 9.17) is 0 Å². The molecule has 0 saturated carbocycles. The Bertz CT molecular complexity index is 324. The maximum atomic E-state index is 4.68. The van der Waals surface area contributed by atoms with Gasteiger partial charge >= 0.3 is 0 Å². The summed E-state index contributed by atoms with van der Waals surface area (Å²) in [7, 11) is 0. The third-order valence-corrected chi connectivity index (χ3v) is 3.97. The molecular weight excluding hydrogens is 218 g/mol. The molecular formula is C12H21N3S. The van der Waals surface area contributed by atoms with Crippen molar-refractivity contribution in [3.8, 4) is 0 Å². The van der Waals surface area contributed by atoms with Crippen molar-refractivity contribution in [3.05, 3.63) is 16.1 Å². The predicted octanol–water partition coefficient (Wildman–Crippen LogP) is 1.89. The van der Waals surface area contributed by atoms with Gasteiger partial charge in [-0.3, -0.25) is 4.90 Å². The van der Waals surface area contributed by atoms with Crippen LogP contribution in [0.2, 0.25) is 0 Å². The fraction of sp³-hybridized carbons (Fsp3) is 0.750. The summed E-state index contributed by atoms with van der Waals surface area (Å²) >= 11 is 1.81. The molecule has 0 radical (unpaired) electrons. The van der Waals surface area contributed by atoms with Crippen LogP contribution in [0.25, 0.3) is 0 Å². The summed E-state index contributed by atoms with van der Waals surface area (Å²) in [6, 6.07) is 0.632. The second-order valence-corrected chi connectivity index (χ2v) is 5.45. The van der Waals surface area contributed by atoms with Gasteiger partial charge in [0.15, 0.2) is 0 Å². The van der Waals surface area contributed by atoms with Gasteiger partial charge in [-0.2, -0.15) is 0 Å². The fourth-order valence-electron chi connectivity index (χ4n) is 2.08. The molecule has 1 unspecified atom stereocenters. The minimum absolute atomic E-state index is 0.632. The molecule has 0 aliphatic carbocycles. The molecule has 2 heterocycles. The highest BCUT2D eigenvalue weighted by Crippen LogP contribution is 2.15. The Kier molecular flexibility index (Phi) is 4.32. The first kappa shape index (κ1) is 12.0. The minimum atomic E-state index is 0.632. The van der Waals surface area contributed by atoms with E-state index in [-0.39, 0.29) is 0 Å². The molecule has 1 aromatic heterocycles. The van der Waals surface area contributed by atoms with E-state index in [1.807, 2.05) is 11.3 Å². The number of nitrogens with zero attached hydrogens (tertiary/aromatic N) is 2. The first-order valence-corrected chi connectivity index (χ1v) is 7.05. The summed E-state index contributed by atoms with van der Waals surface area (Å²) < 4.78 is 0. The molecule has 0 spiro atoms. The molecule has 1 aromatic rings. The number of hydrogen-bond donors (Lipinski definition) is 1. The molecule has 1 fully saturated rings. The van der Waals surface area contributed by atoms with Crippen LogP contribution in [-0.4, -0.2) is 35.6 Å². The second-order valence-electron chi connectivity index (χ2n) is 4.51. The molecule has 1 aliphatic rings. The number of nitrogens with one attached hydrogen (secondary N) is 1. The van der Waals surface area contributed by atoms with Crippen LogP contribution in [0.4, 0.5) is 0 Å². The minimum Gasteiger partial charge on any atom is -0.314 e. The second kappa shape index (κ2) is 5.75. The van der Waals surface area contributed by atoms with E-state index in [1.54, 1.807) is 0 Å². The van der Waals surface area contributed by atoms with E-state index >= 15 is 0 Å². The molecule has 3 nitrogen and oxygen atoms in total. The third-order valence-electron chi connectivity index (χ3n) is 3.08. The summed E-state index contributed by atoms with van der Waals surface area (Å²) in [5.41, 5.74) is 1.27. The summed E-state index contributed by atoms with van der Waals surface area (Å²) in [4.78, 5) is 7.20. The van der Waals surface area contributed by atoms with Gasteiger partial charge in [0.1, 0.15) is 5.01 Å². The zero-order valence-electron chi connectivity index (χ0n) is 10.2. The van der Waals surface area contributed by atoms with E-state index in [0.29, 0.717) is 6.04 Å². The van der Waals surface area contributed by atoms with Crippen LogP contribution < -0.4 is 5.32 Å². The van der Waals surface area contributed by atoms with Crippen molar-refractivity contribution >= 4 is 11.3 Å². The highest BCUT2D eigenvalue weighted by molar-refractivity contribution is 7.09. The monoisotopic (exact) mass is 239 g/mol. The van der Waals surface area contributed by atoms with Gasteiger partial charge < -0.3 is 5.32 Å². The van der Waals surface area contributed by atoms with Crippen LogP contribution >= 0.6 is 11.3 Å². The number of piperazine rings is 1. The summed E-state index contributed by atoms with van der Waals surface area (Å²) in [5.74, 6) is 0. The lowest BCUT2D eigenvalue weighted by Gasteiger charge is -2.33. The summed E-state index contributed by atoms with van der Waals surface area (Å²) in [6.07, 6.45) is 2.31. The van der Waals surface area contributed by atoms with Gasteiger partial charge in [-0.15, -0.1) is 11.3 Å². The van der Waals surface area contributed by atoms with Crippen LogP contribution in [0.1, 0.15) is 31.0 Å². The normalized spacial score (nSPS) is 22.5. The van der Waals surface area contributed by atoms with Crippen molar-refractivity contribution < 1.29 is 0 Å². The average Bonchev–Trinajstić information content (AvgIpc) is 2.70. The zero-order valence-corrected chi connectivity index (χ0v) is 11.0. The lowest BCUT2D eigenvalue weighted by molar-refractivity contribution is 0.165. The molecule has 0 amide bonds. The Morgan fingerprint density at radius 1 is 1.62 bits per heavy atom. The van der Waals surface area contributed by atoms with Gasteiger partial charge in [0.05, 0.1) is 12.2 Å². The molecule has 0 aromatic carbocycles. The van der Waals surface area contributed by atoms with E-state index in [9.17, 15) is 0 Å². The number of aromatic nitrogens is 1. The van der Waals surface area contributed by atoms with Crippen LogP contribution in [0.3, 0.4) is 0 Å². The van der Waals surface area contributed by atoms with Crippen molar-refractivity contribution in [3.63, 3.8) is 0 Å². The van der Waals surface area contributed by atoms with Crippen LogP contribution in [0.15, 0.2) is 5.38 Å². The molecule has 1 aliphatic heterocycles. The lowest BCUT2D eigenvalue weighted by atomic mass is 10.2.